The van der Waals surface area contributed by atoms with E-state index in [4.69, 9.17) is 18.5 Å². The van der Waals surface area contributed by atoms with Crippen molar-refractivity contribution < 1.29 is 42.1 Å². The number of esters is 2. The molecule has 0 aromatic rings. The van der Waals surface area contributed by atoms with E-state index in [1.807, 2.05) is 27.2 Å². The third-order valence-electron chi connectivity index (χ3n) is 8.86. The van der Waals surface area contributed by atoms with Crippen LogP contribution < -0.4 is 0 Å². The topological polar surface area (TPSA) is 108 Å². The van der Waals surface area contributed by atoms with Crippen molar-refractivity contribution in [2.75, 3.05) is 47.5 Å². The average Bonchev–Trinajstić information content (AvgIpc) is 3.12. The van der Waals surface area contributed by atoms with Crippen LogP contribution in [0.3, 0.4) is 0 Å². The van der Waals surface area contributed by atoms with E-state index < -0.39 is 26.5 Å². The molecule has 0 bridgehead atoms. The van der Waals surface area contributed by atoms with E-state index in [-0.39, 0.29) is 32.0 Å². The number of carbonyl (C=O) groups is 2. The van der Waals surface area contributed by atoms with E-state index in [2.05, 4.69) is 56.4 Å². The maximum Gasteiger partial charge on any atom is 0.472 e. The number of rotatable bonds is 38. The largest absolute Gasteiger partial charge is 0.472 e. The second-order valence-electron chi connectivity index (χ2n) is 15.4. The first-order valence-electron chi connectivity index (χ1n) is 21.4. The predicted molar refractivity (Wildman–Crippen MR) is 224 cm³/mol. The molecule has 0 aliphatic heterocycles. The first-order chi connectivity index (χ1) is 26.0. The third kappa shape index (κ3) is 39.7. The number of ether oxygens (including phenoxy) is 2. The molecule has 0 spiro atoms. The van der Waals surface area contributed by atoms with E-state index in [1.165, 1.54) is 89.9 Å². The predicted octanol–water partition coefficient (Wildman–Crippen LogP) is 11.9. The molecular weight excluding hydrogens is 703 g/mol. The van der Waals surface area contributed by atoms with Crippen LogP contribution in [0.5, 0.6) is 0 Å². The molecule has 2 atom stereocenters. The third-order valence-corrected chi connectivity index (χ3v) is 9.85. The van der Waals surface area contributed by atoms with Gasteiger partial charge in [-0.25, -0.2) is 4.57 Å². The van der Waals surface area contributed by atoms with E-state index in [0.717, 1.165) is 38.5 Å². The van der Waals surface area contributed by atoms with Crippen LogP contribution >= 0.6 is 7.82 Å². The molecule has 0 aliphatic rings. The van der Waals surface area contributed by atoms with E-state index in [9.17, 15) is 19.0 Å². The summed E-state index contributed by atoms with van der Waals surface area (Å²) in [6.07, 6.45) is 41.6. The highest BCUT2D eigenvalue weighted by Crippen LogP contribution is 2.43. The lowest BCUT2D eigenvalue weighted by Gasteiger charge is -2.24. The molecule has 0 heterocycles. The Balaban J connectivity index is 4.49. The van der Waals surface area contributed by atoms with Crippen LogP contribution in [-0.4, -0.2) is 74.9 Å². The Morgan fingerprint density at radius 1 is 0.648 bits per heavy atom. The van der Waals surface area contributed by atoms with Gasteiger partial charge < -0.3 is 18.9 Å². The molecule has 0 amide bonds. The lowest BCUT2D eigenvalue weighted by Crippen LogP contribution is -2.37. The Morgan fingerprint density at radius 3 is 1.63 bits per heavy atom. The van der Waals surface area contributed by atoms with Crippen LogP contribution in [0.25, 0.3) is 0 Å². The Morgan fingerprint density at radius 2 is 1.11 bits per heavy atom. The molecule has 0 aliphatic carbocycles. The van der Waals surface area contributed by atoms with E-state index in [1.54, 1.807) is 0 Å². The smallest absolute Gasteiger partial charge is 0.462 e. The number of quaternary nitrogens is 1. The zero-order valence-electron chi connectivity index (χ0n) is 35.2. The fraction of sp³-hybridized carbons (Fsp3) is 0.773. The summed E-state index contributed by atoms with van der Waals surface area (Å²) in [6, 6.07) is 0. The molecule has 9 nitrogen and oxygen atoms in total. The fourth-order valence-corrected chi connectivity index (χ4v) is 6.22. The number of phosphoric ester groups is 1. The van der Waals surface area contributed by atoms with Crippen molar-refractivity contribution in [1.82, 2.24) is 0 Å². The minimum atomic E-state index is -4.39. The number of phosphoric acid groups is 1. The number of hydrogen-bond donors (Lipinski definition) is 1. The Labute approximate surface area is 331 Å². The molecule has 54 heavy (non-hydrogen) atoms. The van der Waals surface area contributed by atoms with Crippen molar-refractivity contribution in [2.24, 2.45) is 0 Å². The van der Waals surface area contributed by atoms with Crippen molar-refractivity contribution in [3.8, 4) is 0 Å². The van der Waals surface area contributed by atoms with E-state index in [0.29, 0.717) is 23.9 Å². The van der Waals surface area contributed by atoms with Gasteiger partial charge in [-0.1, -0.05) is 152 Å². The number of allylic oxidation sites excluding steroid dienone is 8. The molecule has 1 unspecified atom stereocenters. The zero-order chi connectivity index (χ0) is 40.0. The van der Waals surface area contributed by atoms with Crippen LogP contribution in [0.2, 0.25) is 0 Å². The van der Waals surface area contributed by atoms with Gasteiger partial charge in [0.1, 0.15) is 19.8 Å². The first kappa shape index (κ1) is 52.0. The highest BCUT2D eigenvalue weighted by atomic mass is 31.2. The summed E-state index contributed by atoms with van der Waals surface area (Å²) in [5.74, 6) is -0.864. The second-order valence-corrected chi connectivity index (χ2v) is 16.8. The molecule has 1 N–H and O–H groups in total. The molecule has 0 aromatic carbocycles. The Hall–Kier alpha value is -2.03. The van der Waals surface area contributed by atoms with Crippen molar-refractivity contribution in [3.05, 3.63) is 48.6 Å². The van der Waals surface area contributed by atoms with Gasteiger partial charge in [-0.05, 0) is 51.4 Å². The number of likely N-dealkylation sites (N-methyl/N-ethyl adjacent to an activating group) is 1. The normalized spacial score (nSPS) is 14.1. The lowest BCUT2D eigenvalue weighted by molar-refractivity contribution is -0.870. The number of carbonyl (C=O) groups excluding carboxylic acids is 2. The Kier molecular flexibility index (Phi) is 35.2. The summed E-state index contributed by atoms with van der Waals surface area (Å²) >= 11 is 0. The van der Waals surface area contributed by atoms with Gasteiger partial charge >= 0.3 is 19.8 Å². The second kappa shape index (κ2) is 36.6. The van der Waals surface area contributed by atoms with Crippen LogP contribution in [0.1, 0.15) is 168 Å². The van der Waals surface area contributed by atoms with Gasteiger partial charge in [0.25, 0.3) is 0 Å². The maximum absolute atomic E-state index is 12.6. The van der Waals surface area contributed by atoms with Gasteiger partial charge in [-0.2, -0.15) is 0 Å². The quantitative estimate of drug-likeness (QED) is 0.0217. The first-order valence-corrected chi connectivity index (χ1v) is 22.9. The summed E-state index contributed by atoms with van der Waals surface area (Å²) in [6.45, 7) is 4.32. The van der Waals surface area contributed by atoms with Gasteiger partial charge in [0.05, 0.1) is 27.7 Å². The number of nitrogens with zero attached hydrogens (tertiary/aromatic N) is 1. The maximum atomic E-state index is 12.6. The molecule has 314 valence electrons. The number of hydrogen-bond acceptors (Lipinski definition) is 7. The molecular formula is C44H81NO8P+. The van der Waals surface area contributed by atoms with Crippen LogP contribution in [0.4, 0.5) is 0 Å². The minimum Gasteiger partial charge on any atom is -0.462 e. The van der Waals surface area contributed by atoms with Gasteiger partial charge in [0.15, 0.2) is 6.10 Å². The van der Waals surface area contributed by atoms with Crippen LogP contribution in [0, 0.1) is 0 Å². The summed E-state index contributed by atoms with van der Waals surface area (Å²) in [5, 5.41) is 0. The van der Waals surface area contributed by atoms with Gasteiger partial charge in [-0.15, -0.1) is 0 Å². The standard InChI is InChI=1S/C44H80NO8P/c1-6-8-10-12-14-16-18-20-21-22-23-25-27-29-31-33-35-37-44(47)53-42(41-52-54(48,49)51-39-38-45(3,4)5)40-50-43(46)36-34-32-30-28-26-24-19-17-15-13-11-9-7-2/h14,16,20-21,23,25,29,31,42H,6-13,15,17-19,22,24,26-28,30,32-41H2,1-5H3/p+1/b16-14-,21-20-,25-23-,31-29-/t42-/m1/s1/i43+2. The highest BCUT2D eigenvalue weighted by Gasteiger charge is 2.27. The van der Waals surface area contributed by atoms with Crippen molar-refractivity contribution >= 4 is 19.8 Å². The van der Waals surface area contributed by atoms with Crippen molar-refractivity contribution in [3.63, 3.8) is 0 Å². The summed E-state index contributed by atoms with van der Waals surface area (Å²) in [7, 11) is 1.44. The molecule has 0 rings (SSSR count). The van der Waals surface area contributed by atoms with Crippen LogP contribution in [0.15, 0.2) is 48.6 Å². The molecule has 10 heteroatoms. The summed E-state index contributed by atoms with van der Waals surface area (Å²) < 4.78 is 34.2. The van der Waals surface area contributed by atoms with E-state index >= 15 is 0 Å². The molecule has 0 saturated heterocycles. The average molecular weight is 785 g/mol. The monoisotopic (exact) mass is 785 g/mol. The molecule has 0 radical (unpaired) electrons. The van der Waals surface area contributed by atoms with Crippen LogP contribution in [-0.2, 0) is 32.7 Å². The highest BCUT2D eigenvalue weighted by molar-refractivity contribution is 7.47. The summed E-state index contributed by atoms with van der Waals surface area (Å²) in [5.41, 5.74) is 0. The van der Waals surface area contributed by atoms with Gasteiger partial charge in [0, 0.05) is 12.8 Å². The lowest BCUT2D eigenvalue weighted by atomic mass is 10.0. The molecule has 0 saturated carbocycles. The summed E-state index contributed by atoms with van der Waals surface area (Å²) in [4.78, 5) is 35.3. The SMILES string of the molecule is CCCCC/C=C\C/C=C\C/C=C\C/C=C\CCCC(=O)O[C@H](CO[14C](=O)CCCCCCCCCCCCCCC)COP(=O)(O)OCC[N+](C)(C)C. The molecule has 0 aromatic heterocycles. The van der Waals surface area contributed by atoms with Crippen molar-refractivity contribution in [2.45, 2.75) is 174 Å². The van der Waals surface area contributed by atoms with Gasteiger partial charge in [-0.3, -0.25) is 18.6 Å². The number of unbranched alkanes of at least 4 members (excludes halogenated alkanes) is 16. The zero-order valence-corrected chi connectivity index (χ0v) is 36.1. The minimum absolute atomic E-state index is 0.0212. The molecule has 0 fully saturated rings. The van der Waals surface area contributed by atoms with Crippen molar-refractivity contribution in [1.29, 1.82) is 0 Å². The van der Waals surface area contributed by atoms with Gasteiger partial charge in [0.2, 0.25) is 0 Å². The fourth-order valence-electron chi connectivity index (χ4n) is 5.48. The Bertz CT molecular complexity index is 1070.